The van der Waals surface area contributed by atoms with E-state index in [9.17, 15) is 9.59 Å². The Morgan fingerprint density at radius 2 is 0.514 bits per heavy atom. The van der Waals surface area contributed by atoms with Gasteiger partial charge in [0.25, 0.3) is 5.84 Å². The third kappa shape index (κ3) is 19.3. The van der Waals surface area contributed by atoms with Crippen LogP contribution in [0.15, 0.2) is 463 Å². The summed E-state index contributed by atoms with van der Waals surface area (Å²) in [4.78, 5) is 81.4. The van der Waals surface area contributed by atoms with Crippen molar-refractivity contribution < 1.29 is 27.4 Å². The van der Waals surface area contributed by atoms with E-state index in [1.807, 2.05) is 188 Å². The van der Waals surface area contributed by atoms with Crippen LogP contribution in [0.2, 0.25) is 0 Å². The van der Waals surface area contributed by atoms with Crippen LogP contribution in [0.5, 0.6) is 0 Å². The van der Waals surface area contributed by atoms with Crippen molar-refractivity contribution in [3.8, 4) is 112 Å². The van der Waals surface area contributed by atoms with Crippen molar-refractivity contribution in [2.24, 2.45) is 15.7 Å². The maximum Gasteiger partial charge on any atom is 0.270 e. The molecule has 702 valence electrons. The number of aromatic nitrogens is 8. The molecule has 146 heavy (non-hydrogen) atoms. The number of hydrogen-bond acceptors (Lipinski definition) is 14. The first-order chi connectivity index (χ1) is 71.5. The van der Waals surface area contributed by atoms with E-state index in [-0.39, 0.29) is 36.1 Å². The highest BCUT2D eigenvalue weighted by Gasteiger charge is 2.38. The second kappa shape index (κ2) is 41.8. The van der Waals surface area contributed by atoms with Gasteiger partial charge in [-0.2, -0.15) is 0 Å². The minimum atomic E-state index is -0.364. The summed E-state index contributed by atoms with van der Waals surface area (Å²) in [5, 5.41) is 13.0. The zero-order valence-corrected chi connectivity index (χ0v) is 80.5. The van der Waals surface area contributed by atoms with Crippen LogP contribution in [0, 0.1) is 0 Å². The zero-order valence-electron chi connectivity index (χ0n) is 79.8. The number of fused-ring (bicyclic) bond motifs is 6. The largest absolute Gasteiger partial charge is 1.00 e. The number of Topliss-reactive ketones (excluding diaryl/α,β-unsaturated/α-hetero) is 2. The zero-order chi connectivity index (χ0) is 97.5. The topological polar surface area (TPSA) is 238 Å². The number of nitrogens with one attached hydrogen (secondary N) is 2. The monoisotopic (exact) mass is 1910 g/mol. The molecule has 0 spiro atoms. The van der Waals surface area contributed by atoms with Gasteiger partial charge in [0.1, 0.15) is 35.1 Å². The molecule has 6 aliphatic rings. The minimum Gasteiger partial charge on any atom is -1.00 e. The first kappa shape index (κ1) is 92.6. The number of aliphatic imine (C=N–C) groups is 2. The van der Waals surface area contributed by atoms with Gasteiger partial charge in [-0.05, 0) is 226 Å². The summed E-state index contributed by atoms with van der Waals surface area (Å²) in [6.07, 6.45) is 9.55. The average Bonchev–Trinajstić information content (AvgIpc) is 0.794. The highest BCUT2D eigenvalue weighted by Crippen LogP contribution is 2.49. The summed E-state index contributed by atoms with van der Waals surface area (Å²) in [7, 11) is 0. The maximum absolute atomic E-state index is 14.3. The third-order valence-corrected chi connectivity index (χ3v) is 27.5. The van der Waals surface area contributed by atoms with E-state index in [4.69, 9.17) is 61.0 Å². The Morgan fingerprint density at radius 1 is 0.260 bits per heavy atom. The number of rotatable bonds is 17. The molecule has 0 fully saturated rings. The number of halogens is 1. The second-order valence-electron chi connectivity index (χ2n) is 36.6. The number of nitrogens with zero attached hydrogens (tertiary/aromatic N) is 10. The molecule has 0 amide bonds. The molecule has 11 aromatic carbocycles. The van der Waals surface area contributed by atoms with Crippen molar-refractivity contribution in [2.45, 2.75) is 63.5 Å². The van der Waals surface area contributed by atoms with Crippen molar-refractivity contribution >= 4 is 52.6 Å². The van der Waals surface area contributed by atoms with Crippen LogP contribution in [-0.4, -0.2) is 68.9 Å². The molecule has 2 atom stereocenters. The van der Waals surface area contributed by atoms with Gasteiger partial charge in [0.2, 0.25) is 11.6 Å². The summed E-state index contributed by atoms with van der Waals surface area (Å²) in [6.45, 7) is 0. The summed E-state index contributed by atoms with van der Waals surface area (Å²) in [6, 6.07) is 145. The van der Waals surface area contributed by atoms with E-state index in [0.717, 1.165) is 178 Å². The van der Waals surface area contributed by atoms with E-state index in [0.29, 0.717) is 76.8 Å². The van der Waals surface area contributed by atoms with E-state index in [1.54, 1.807) is 0 Å². The second-order valence-corrected chi connectivity index (χ2v) is 36.6. The molecular weight excluding hydrogens is 1810 g/mol. The Kier molecular flexibility index (Phi) is 26.5. The van der Waals surface area contributed by atoms with Crippen LogP contribution in [-0.2, 0) is 25.7 Å². The summed E-state index contributed by atoms with van der Waals surface area (Å²) < 4.78 is 0. The first-order valence-corrected chi connectivity index (χ1v) is 49.2. The molecule has 8 aromatic heterocycles. The van der Waals surface area contributed by atoms with Crippen molar-refractivity contribution in [1.82, 2.24) is 50.5 Å². The van der Waals surface area contributed by atoms with Crippen molar-refractivity contribution in [3.05, 3.63) is 538 Å². The smallest absolute Gasteiger partial charge is 0.270 e. The number of amidine groups is 3. The molecule has 2 unspecified atom stereocenters. The molecular formula is C129H97ClN14O2. The van der Waals surface area contributed by atoms with E-state index < -0.39 is 0 Å². The van der Waals surface area contributed by atoms with E-state index in [2.05, 4.69) is 265 Å². The molecule has 16 nitrogen and oxygen atoms in total. The summed E-state index contributed by atoms with van der Waals surface area (Å²) in [5.74, 6) is 1.79. The number of nitrogens with two attached hydrogens (primary N) is 2. The Labute approximate surface area is 853 Å². The number of allylic oxidation sites excluding steroid dienone is 2. The quantitative estimate of drug-likeness (QED) is 0.0377. The first-order valence-electron chi connectivity index (χ1n) is 49.2. The molecule has 0 bridgehead atoms. The van der Waals surface area contributed by atoms with Crippen LogP contribution in [0.25, 0.3) is 136 Å². The fourth-order valence-electron chi connectivity index (χ4n) is 20.4. The van der Waals surface area contributed by atoms with Crippen molar-refractivity contribution in [3.63, 3.8) is 0 Å². The fourth-order valence-corrected chi connectivity index (χ4v) is 20.4. The molecule has 2 aliphatic heterocycles. The molecule has 0 radical (unpaired) electrons. The van der Waals surface area contributed by atoms with Gasteiger partial charge in [0.05, 0.1) is 96.7 Å². The third-order valence-electron chi connectivity index (χ3n) is 27.5. The Balaban J connectivity index is 0.000000155. The van der Waals surface area contributed by atoms with Crippen LogP contribution in [0.1, 0.15) is 132 Å². The van der Waals surface area contributed by atoms with Crippen LogP contribution in [0.4, 0.5) is 0 Å². The molecule has 0 saturated carbocycles. The lowest BCUT2D eigenvalue weighted by molar-refractivity contribution is -0.114. The average molecular weight is 1910 g/mol. The predicted molar refractivity (Wildman–Crippen MR) is 581 cm³/mol. The predicted octanol–water partition coefficient (Wildman–Crippen LogP) is 22.7. The Bertz CT molecular complexity index is 7920. The summed E-state index contributed by atoms with van der Waals surface area (Å²) in [5.41, 5.74) is 43.6. The number of hydrogen-bond donors (Lipinski definition) is 4. The van der Waals surface area contributed by atoms with Gasteiger partial charge >= 0.3 is 0 Å². The molecule has 25 rings (SSSR count). The molecule has 10 heterocycles. The van der Waals surface area contributed by atoms with Gasteiger partial charge in [-0.3, -0.25) is 30.7 Å². The van der Waals surface area contributed by atoms with Crippen LogP contribution < -0.4 is 34.2 Å². The van der Waals surface area contributed by atoms with Crippen LogP contribution in [0.3, 0.4) is 0 Å². The van der Waals surface area contributed by atoms with Gasteiger partial charge in [0, 0.05) is 44.5 Å². The molecule has 0 saturated heterocycles. The normalized spacial score (nSPS) is 15.2. The molecule has 17 heteroatoms. The molecule has 19 aromatic rings. The SMILES string of the molecule is NC(=[NH2+])c1ccccc1.O=C1/C(=C/c2cccc(-c3cccc(/C=C4\CCc5c(-c6ccccc6)cc(-c6ccccc6)nc5C4=O)n3)n2)CCc2c(-c3ccccc3)cc(-c3ccccc3)nc21.[Cl-].c1ccc(C2=NC(c3cccc(-c4cccc(C5N=C(c6ccccc6)NC6=C5CCc5c(-c7ccccc7)cc(-c7ccccc7)nc56)n4)n3)C3=C(N2)c2nc(-c4ccccc4)cc(-c4ccccc4)c2CC3)cc1. The Hall–Kier alpha value is -18.4. The van der Waals surface area contributed by atoms with E-state index in [1.165, 1.54) is 44.5 Å². The lowest BCUT2D eigenvalue weighted by atomic mass is 9.82. The van der Waals surface area contributed by atoms with Gasteiger partial charge in [0.15, 0.2) is 0 Å². The number of carbonyl (C=O) groups excluding carboxylic acids is 2. The lowest BCUT2D eigenvalue weighted by Gasteiger charge is -2.33. The highest BCUT2D eigenvalue weighted by atomic mass is 35.5. The van der Waals surface area contributed by atoms with Crippen molar-refractivity contribution in [2.75, 3.05) is 0 Å². The van der Waals surface area contributed by atoms with Crippen LogP contribution >= 0.6 is 0 Å². The maximum atomic E-state index is 14.3. The highest BCUT2D eigenvalue weighted by molar-refractivity contribution is 6.15. The number of ketones is 2. The number of pyridine rings is 8. The van der Waals surface area contributed by atoms with Gasteiger partial charge in [-0.1, -0.05) is 346 Å². The number of benzene rings is 11. The molecule has 6 N–H and O–H groups in total. The summed E-state index contributed by atoms with van der Waals surface area (Å²) >= 11 is 0. The van der Waals surface area contributed by atoms with E-state index >= 15 is 0 Å². The fraction of sp³-hybridized carbons (Fsp3) is 0.0775. The van der Waals surface area contributed by atoms with Gasteiger partial charge in [-0.15, -0.1) is 0 Å². The molecule has 4 aliphatic carbocycles. The van der Waals surface area contributed by atoms with Crippen molar-refractivity contribution in [1.29, 1.82) is 0 Å². The lowest BCUT2D eigenvalue weighted by Crippen LogP contribution is -3.00. The van der Waals surface area contributed by atoms with Gasteiger partial charge in [-0.25, -0.2) is 39.9 Å². The minimum absolute atomic E-state index is 0. The number of carbonyl (C=O) groups is 2. The van der Waals surface area contributed by atoms with Gasteiger partial charge < -0.3 is 23.0 Å². The standard InChI is InChI=1S/C68H50N8.C54H38N4O2.C7H8N2.ClH/c1-7-21-43(22-8-1)53-41-59(45-25-11-3-12-26-45)71-63-49(53)37-39-51-61(73-67(75-65(51)63)47-29-15-5-16-30-47)57-35-19-33-55(69-57)56-34-20-36-58(70-56)62-52-40-38-50-54(44-23-9-2-10-24-44)42-60(46-27-13-4-14-28-46)72-64(50)66(52)76-68(74-62)48-31-17-6-18-32-48;59-53-39(27-29-43-45(35-15-5-1-6-16-35)33-49(57-51(43)53)37-19-9-3-10-20-37)31-41-23-13-25-47(55-41)48-26-14-24-42(56-48)32-40-28-30-44-46(36-17-7-2-8-18-36)34-50(58-52(44)54(40)60)38-21-11-4-12-22-38;8-7(9)6-4-2-1-3-5-6;/h1-36,41-42,61-62H,37-40H2,(H,73,75)(H,74,76);1-26,31-34H,27-30H2;1-5H,(H3,8,9);1H/b;39-31+,40-32+;;. The Morgan fingerprint density at radius 3 is 0.808 bits per heavy atom.